The van der Waals surface area contributed by atoms with Crippen LogP contribution >= 0.6 is 12.2 Å². The number of nitrogens with one attached hydrogen (secondary N) is 2. The molecule has 1 fully saturated rings. The maximum atomic E-state index is 12.9. The van der Waals surface area contributed by atoms with Crippen LogP contribution in [0.1, 0.15) is 62.6 Å². The molecule has 0 spiro atoms. The van der Waals surface area contributed by atoms with Gasteiger partial charge in [0.2, 0.25) is 0 Å². The molecule has 2 N–H and O–H groups in total. The van der Waals surface area contributed by atoms with Gasteiger partial charge in [-0.1, -0.05) is 45.2 Å². The molecule has 1 aliphatic rings. The largest absolute Gasteiger partial charge is 0.360 e. The molecule has 0 radical (unpaired) electrons. The van der Waals surface area contributed by atoms with Gasteiger partial charge >= 0.3 is 0 Å². The van der Waals surface area contributed by atoms with Crippen LogP contribution in [0.25, 0.3) is 10.9 Å². The predicted molar refractivity (Wildman–Crippen MR) is 135 cm³/mol. The topological polar surface area (TPSA) is 51.4 Å². The second-order valence-electron chi connectivity index (χ2n) is 8.83. The maximum absolute atomic E-state index is 12.9. The Morgan fingerprint density at radius 3 is 2.52 bits per heavy atom. The number of hydrogen-bond donors (Lipinski definition) is 2. The lowest BCUT2D eigenvalue weighted by Crippen LogP contribution is -2.47. The Labute approximate surface area is 192 Å². The first kappa shape index (κ1) is 23.7. The number of aromatic nitrogens is 1. The summed E-state index contributed by atoms with van der Waals surface area (Å²) in [4.78, 5) is 20.6. The van der Waals surface area contributed by atoms with Crippen LogP contribution < -0.4 is 10.9 Å². The molecule has 1 aliphatic carbocycles. The van der Waals surface area contributed by atoms with Crippen LogP contribution in [0.4, 0.5) is 0 Å². The highest BCUT2D eigenvalue weighted by molar-refractivity contribution is 7.80. The van der Waals surface area contributed by atoms with Crippen LogP contribution in [0.2, 0.25) is 0 Å². The summed E-state index contributed by atoms with van der Waals surface area (Å²) in [5.41, 5.74) is 4.01. The predicted octanol–water partition coefficient (Wildman–Crippen LogP) is 4.50. The minimum Gasteiger partial charge on any atom is -0.360 e. The minimum absolute atomic E-state index is 0.0190. The van der Waals surface area contributed by atoms with Crippen molar-refractivity contribution < 1.29 is 0 Å². The number of aromatic amines is 1. The van der Waals surface area contributed by atoms with Crippen molar-refractivity contribution in [2.45, 2.75) is 72.4 Å². The highest BCUT2D eigenvalue weighted by Crippen LogP contribution is 2.20. The Morgan fingerprint density at radius 1 is 1.13 bits per heavy atom. The molecule has 2 aromatic rings. The maximum Gasteiger partial charge on any atom is 0.253 e. The van der Waals surface area contributed by atoms with Gasteiger partial charge in [0, 0.05) is 24.7 Å². The Bertz CT molecular complexity index is 944. The number of nitrogens with zero attached hydrogens (tertiary/aromatic N) is 2. The molecular formula is C25H38N4OS. The van der Waals surface area contributed by atoms with Gasteiger partial charge in [0.15, 0.2) is 5.11 Å². The van der Waals surface area contributed by atoms with Crippen molar-refractivity contribution in [3.8, 4) is 0 Å². The molecule has 1 aromatic carbocycles. The van der Waals surface area contributed by atoms with Crippen molar-refractivity contribution in [2.24, 2.45) is 0 Å². The van der Waals surface area contributed by atoms with Crippen LogP contribution in [0, 0.1) is 13.8 Å². The number of rotatable bonds is 8. The van der Waals surface area contributed by atoms with Crippen LogP contribution in [-0.4, -0.2) is 52.1 Å². The van der Waals surface area contributed by atoms with Crippen LogP contribution in [0.5, 0.6) is 0 Å². The fourth-order valence-electron chi connectivity index (χ4n) is 4.46. The molecule has 0 saturated heterocycles. The van der Waals surface area contributed by atoms with E-state index in [1.54, 1.807) is 0 Å². The molecule has 31 heavy (non-hydrogen) atoms. The first-order chi connectivity index (χ1) is 14.9. The monoisotopic (exact) mass is 442 g/mol. The van der Waals surface area contributed by atoms with Gasteiger partial charge in [-0.2, -0.15) is 0 Å². The number of fused-ring (bicyclic) bond motifs is 1. The molecule has 1 heterocycles. The van der Waals surface area contributed by atoms with E-state index in [0.717, 1.165) is 53.3 Å². The summed E-state index contributed by atoms with van der Waals surface area (Å²) in [7, 11) is 0. The normalized spacial score (nSPS) is 14.9. The Kier molecular flexibility index (Phi) is 8.50. The highest BCUT2D eigenvalue weighted by atomic mass is 32.1. The molecule has 0 bridgehead atoms. The van der Waals surface area contributed by atoms with Gasteiger partial charge in [0.1, 0.15) is 0 Å². The van der Waals surface area contributed by atoms with Gasteiger partial charge in [-0.3, -0.25) is 4.79 Å². The number of benzene rings is 1. The minimum atomic E-state index is -0.0190. The lowest BCUT2D eigenvalue weighted by molar-refractivity contribution is 0.261. The molecule has 0 amide bonds. The third kappa shape index (κ3) is 6.07. The van der Waals surface area contributed by atoms with E-state index in [4.69, 9.17) is 12.2 Å². The molecule has 3 rings (SSSR count). The number of aryl methyl sites for hydroxylation is 2. The fraction of sp³-hybridized carbons (Fsp3) is 0.600. The van der Waals surface area contributed by atoms with Gasteiger partial charge in [-0.25, -0.2) is 0 Å². The molecule has 0 atom stereocenters. The van der Waals surface area contributed by atoms with Crippen molar-refractivity contribution in [3.63, 3.8) is 0 Å². The number of pyridine rings is 1. The summed E-state index contributed by atoms with van der Waals surface area (Å²) in [6.07, 6.45) is 6.21. The average Bonchev–Trinajstić information content (AvgIpc) is 2.77. The molecule has 1 aromatic heterocycles. The standard InChI is InChI=1S/C25H38N4OS/c1-5-28(6-2)14-15-29(25(31)26-22-10-8-7-9-11-22)17-21-16-20-13-12-18(3)19(4)23(20)27-24(21)30/h12-13,16,22H,5-11,14-15,17H2,1-4H3,(H,26,31)(H,27,30). The molecule has 1 saturated carbocycles. The molecule has 0 aliphatic heterocycles. The van der Waals surface area contributed by atoms with Crippen molar-refractivity contribution in [3.05, 3.63) is 45.2 Å². The summed E-state index contributed by atoms with van der Waals surface area (Å²) in [5, 5.41) is 5.45. The third-order valence-corrected chi connectivity index (χ3v) is 7.17. The Balaban J connectivity index is 1.82. The van der Waals surface area contributed by atoms with Crippen molar-refractivity contribution >= 4 is 28.2 Å². The molecule has 5 nitrogen and oxygen atoms in total. The van der Waals surface area contributed by atoms with Crippen LogP contribution in [-0.2, 0) is 6.54 Å². The van der Waals surface area contributed by atoms with Crippen molar-refractivity contribution in [2.75, 3.05) is 26.2 Å². The second kappa shape index (κ2) is 11.1. The van der Waals surface area contributed by atoms with E-state index in [9.17, 15) is 4.79 Å². The zero-order chi connectivity index (χ0) is 22.4. The molecule has 6 heteroatoms. The zero-order valence-corrected chi connectivity index (χ0v) is 20.4. The Morgan fingerprint density at radius 2 is 1.84 bits per heavy atom. The number of hydrogen-bond acceptors (Lipinski definition) is 3. The highest BCUT2D eigenvalue weighted by Gasteiger charge is 2.19. The smallest absolute Gasteiger partial charge is 0.253 e. The first-order valence-corrected chi connectivity index (χ1v) is 12.2. The lowest BCUT2D eigenvalue weighted by Gasteiger charge is -2.32. The van der Waals surface area contributed by atoms with E-state index in [1.807, 2.05) is 6.07 Å². The van der Waals surface area contributed by atoms with E-state index < -0.39 is 0 Å². The molecule has 170 valence electrons. The number of likely N-dealkylation sites (N-methyl/N-ethyl adjacent to an activating group) is 1. The van der Waals surface area contributed by atoms with Gasteiger partial charge in [-0.05, 0) is 74.6 Å². The molecular weight excluding hydrogens is 404 g/mol. The summed E-state index contributed by atoms with van der Waals surface area (Å²) >= 11 is 5.84. The van der Waals surface area contributed by atoms with E-state index in [-0.39, 0.29) is 5.56 Å². The van der Waals surface area contributed by atoms with Gasteiger partial charge in [0.05, 0.1) is 12.1 Å². The molecule has 0 unspecified atom stereocenters. The summed E-state index contributed by atoms with van der Waals surface area (Å²) < 4.78 is 0. The average molecular weight is 443 g/mol. The quantitative estimate of drug-likeness (QED) is 0.590. The van der Waals surface area contributed by atoms with Crippen molar-refractivity contribution in [1.82, 2.24) is 20.1 Å². The third-order valence-electron chi connectivity index (χ3n) is 6.79. The van der Waals surface area contributed by atoms with E-state index in [2.05, 4.69) is 59.9 Å². The van der Waals surface area contributed by atoms with Gasteiger partial charge in [-0.15, -0.1) is 0 Å². The lowest BCUT2D eigenvalue weighted by atomic mass is 9.96. The van der Waals surface area contributed by atoms with Gasteiger partial charge < -0.3 is 20.1 Å². The van der Waals surface area contributed by atoms with Crippen LogP contribution in [0.3, 0.4) is 0 Å². The SMILES string of the molecule is CCN(CC)CCN(Cc1cc2ccc(C)c(C)c2[nH]c1=O)C(=S)NC1CCCCC1. The summed E-state index contributed by atoms with van der Waals surface area (Å²) in [6, 6.07) is 6.70. The van der Waals surface area contributed by atoms with Gasteiger partial charge in [0.25, 0.3) is 5.56 Å². The van der Waals surface area contributed by atoms with Crippen molar-refractivity contribution in [1.29, 1.82) is 0 Å². The zero-order valence-electron chi connectivity index (χ0n) is 19.6. The summed E-state index contributed by atoms with van der Waals surface area (Å²) in [6.45, 7) is 12.8. The number of thiocarbonyl (C=S) groups is 1. The van der Waals surface area contributed by atoms with Crippen LogP contribution in [0.15, 0.2) is 23.0 Å². The van der Waals surface area contributed by atoms with E-state index in [0.29, 0.717) is 12.6 Å². The van der Waals surface area contributed by atoms with E-state index >= 15 is 0 Å². The van der Waals surface area contributed by atoms with E-state index in [1.165, 1.54) is 37.7 Å². The fourth-order valence-corrected chi connectivity index (χ4v) is 4.78. The Hall–Kier alpha value is -1.92. The summed E-state index contributed by atoms with van der Waals surface area (Å²) in [5.74, 6) is 0. The second-order valence-corrected chi connectivity index (χ2v) is 9.21. The first-order valence-electron chi connectivity index (χ1n) is 11.8. The number of H-pyrrole nitrogens is 1.